The van der Waals surface area contributed by atoms with Crippen molar-refractivity contribution in [3.63, 3.8) is 0 Å². The zero-order valence-electron chi connectivity index (χ0n) is 18.0. The van der Waals surface area contributed by atoms with Crippen LogP contribution in [0.15, 0.2) is 18.2 Å². The Bertz CT molecular complexity index is 978. The minimum Gasteiger partial charge on any atom is -0.493 e. The fraction of sp³-hybridized carbons (Fsp3) is 0.455. The maximum absolute atomic E-state index is 9.31. The topological polar surface area (TPSA) is 70.8 Å². The van der Waals surface area contributed by atoms with E-state index in [9.17, 15) is 5.26 Å². The lowest BCUT2D eigenvalue weighted by Gasteiger charge is -2.29. The summed E-state index contributed by atoms with van der Waals surface area (Å²) in [5.41, 5.74) is 1.05. The van der Waals surface area contributed by atoms with Crippen molar-refractivity contribution in [2.45, 2.75) is 13.0 Å². The number of benzene rings is 1. The molecule has 0 radical (unpaired) electrons. The maximum atomic E-state index is 9.31. The number of pyridine rings is 1. The van der Waals surface area contributed by atoms with E-state index in [1.807, 2.05) is 29.2 Å². The summed E-state index contributed by atoms with van der Waals surface area (Å²) >= 11 is 19.1. The largest absolute Gasteiger partial charge is 0.493 e. The van der Waals surface area contributed by atoms with Crippen molar-refractivity contribution < 1.29 is 14.2 Å². The summed E-state index contributed by atoms with van der Waals surface area (Å²) in [7, 11) is 3.19. The van der Waals surface area contributed by atoms with Gasteiger partial charge in [-0.1, -0.05) is 40.9 Å². The summed E-state index contributed by atoms with van der Waals surface area (Å²) in [6.45, 7) is 5.42. The molecule has 0 saturated carbocycles. The molecular formula is C22H25Cl3N4O3. The van der Waals surface area contributed by atoms with Crippen LogP contribution in [-0.2, 0) is 11.3 Å². The monoisotopic (exact) mass is 498 g/mol. The lowest BCUT2D eigenvalue weighted by molar-refractivity contribution is 0.0376. The fourth-order valence-corrected chi connectivity index (χ4v) is 4.31. The molecule has 0 N–H and O–H groups in total. The zero-order chi connectivity index (χ0) is 23.1. The highest BCUT2D eigenvalue weighted by molar-refractivity contribution is 6.45. The molecule has 10 heteroatoms. The average molecular weight is 500 g/mol. The highest BCUT2D eigenvalue weighted by atomic mass is 35.5. The number of hydrogen-bond acceptors (Lipinski definition) is 7. The van der Waals surface area contributed by atoms with E-state index in [1.54, 1.807) is 14.2 Å². The Morgan fingerprint density at radius 3 is 2.50 bits per heavy atom. The first kappa shape index (κ1) is 24.7. The van der Waals surface area contributed by atoms with E-state index < -0.39 is 0 Å². The summed E-state index contributed by atoms with van der Waals surface area (Å²) < 4.78 is 16.2. The summed E-state index contributed by atoms with van der Waals surface area (Å²) in [6, 6.07) is 7.68. The summed E-state index contributed by atoms with van der Waals surface area (Å²) in [6.07, 6.45) is 0.876. The molecule has 2 heterocycles. The number of hydrogen-bond donors (Lipinski definition) is 0. The van der Waals surface area contributed by atoms with Crippen molar-refractivity contribution in [1.29, 1.82) is 5.26 Å². The Morgan fingerprint density at radius 1 is 1.12 bits per heavy atom. The molecule has 1 aromatic carbocycles. The first-order valence-corrected chi connectivity index (χ1v) is 11.3. The van der Waals surface area contributed by atoms with Gasteiger partial charge >= 0.3 is 0 Å². The second-order valence-electron chi connectivity index (χ2n) is 7.26. The third kappa shape index (κ3) is 5.89. The van der Waals surface area contributed by atoms with Crippen molar-refractivity contribution >= 4 is 40.6 Å². The summed E-state index contributed by atoms with van der Waals surface area (Å²) in [5.74, 6) is 1.72. The van der Waals surface area contributed by atoms with Crippen LogP contribution in [0.2, 0.25) is 15.2 Å². The Balaban J connectivity index is 1.87. The third-order valence-electron chi connectivity index (χ3n) is 5.26. The van der Waals surface area contributed by atoms with Crippen LogP contribution in [0, 0.1) is 11.3 Å². The fourth-order valence-electron chi connectivity index (χ4n) is 3.57. The molecule has 0 aliphatic carbocycles. The standard InChI is InChI=1S/C22H25Cl3N4O3/c1-30-17-5-4-15(12-18(17)31-2)14-29(7-3-6-28-8-10-32-11-9-28)22-20(24)19(23)16(13-26)21(25)27-22/h4-5,12H,3,6-11,14H2,1-2H3. The van der Waals surface area contributed by atoms with E-state index in [1.165, 1.54) is 0 Å². The molecular weight excluding hydrogens is 475 g/mol. The van der Waals surface area contributed by atoms with Gasteiger partial charge in [-0.05, 0) is 24.1 Å². The second kappa shape index (κ2) is 11.8. The second-order valence-corrected chi connectivity index (χ2v) is 8.37. The van der Waals surface area contributed by atoms with Crippen molar-refractivity contribution in [2.75, 3.05) is 58.5 Å². The normalized spacial score (nSPS) is 14.1. The van der Waals surface area contributed by atoms with Crippen LogP contribution >= 0.6 is 34.8 Å². The molecule has 1 saturated heterocycles. The van der Waals surface area contributed by atoms with Gasteiger partial charge in [-0.2, -0.15) is 5.26 Å². The van der Waals surface area contributed by atoms with Crippen LogP contribution in [0.25, 0.3) is 0 Å². The van der Waals surface area contributed by atoms with Crippen molar-refractivity contribution in [3.05, 3.63) is 44.5 Å². The Labute approximate surface area is 203 Å². The molecule has 1 aliphatic rings. The molecule has 0 spiro atoms. The van der Waals surface area contributed by atoms with Crippen molar-refractivity contribution in [2.24, 2.45) is 0 Å². The number of rotatable bonds is 9. The molecule has 0 unspecified atom stereocenters. The maximum Gasteiger partial charge on any atom is 0.161 e. The summed E-state index contributed by atoms with van der Waals surface area (Å²) in [4.78, 5) is 8.79. The van der Waals surface area contributed by atoms with Crippen LogP contribution in [0.5, 0.6) is 11.5 Å². The zero-order valence-corrected chi connectivity index (χ0v) is 20.3. The van der Waals surface area contributed by atoms with E-state index in [0.717, 1.165) is 44.8 Å². The molecule has 0 amide bonds. The summed E-state index contributed by atoms with van der Waals surface area (Å²) in [5, 5.41) is 9.65. The number of nitriles is 1. The third-order valence-corrected chi connectivity index (χ3v) is 6.36. The molecule has 3 rings (SSSR count). The van der Waals surface area contributed by atoms with Gasteiger partial charge in [-0.25, -0.2) is 4.98 Å². The molecule has 7 nitrogen and oxygen atoms in total. The highest BCUT2D eigenvalue weighted by Crippen LogP contribution is 2.38. The van der Waals surface area contributed by atoms with Gasteiger partial charge in [0.15, 0.2) is 22.5 Å². The molecule has 32 heavy (non-hydrogen) atoms. The molecule has 0 atom stereocenters. The first-order valence-electron chi connectivity index (χ1n) is 10.2. The highest BCUT2D eigenvalue weighted by Gasteiger charge is 2.22. The number of aromatic nitrogens is 1. The van der Waals surface area contributed by atoms with Crippen LogP contribution in [-0.4, -0.2) is 63.5 Å². The lowest BCUT2D eigenvalue weighted by atomic mass is 10.1. The van der Waals surface area contributed by atoms with E-state index in [-0.39, 0.29) is 20.8 Å². The number of morpholine rings is 1. The van der Waals surface area contributed by atoms with Crippen LogP contribution in [0.4, 0.5) is 5.82 Å². The quantitative estimate of drug-likeness (QED) is 0.465. The number of anilines is 1. The van der Waals surface area contributed by atoms with Crippen LogP contribution in [0.3, 0.4) is 0 Å². The van der Waals surface area contributed by atoms with Gasteiger partial charge in [0.05, 0.1) is 32.5 Å². The van der Waals surface area contributed by atoms with Gasteiger partial charge < -0.3 is 19.1 Å². The van der Waals surface area contributed by atoms with E-state index >= 15 is 0 Å². The van der Waals surface area contributed by atoms with Gasteiger partial charge in [0, 0.05) is 32.7 Å². The first-order chi connectivity index (χ1) is 15.5. The van der Waals surface area contributed by atoms with Gasteiger partial charge in [0.2, 0.25) is 0 Å². The molecule has 1 aromatic heterocycles. The number of nitrogens with zero attached hydrogens (tertiary/aromatic N) is 4. The lowest BCUT2D eigenvalue weighted by Crippen LogP contribution is -2.38. The predicted octanol–water partition coefficient (Wildman–Crippen LogP) is 4.66. The Morgan fingerprint density at radius 2 is 1.84 bits per heavy atom. The van der Waals surface area contributed by atoms with Gasteiger partial charge in [0.25, 0.3) is 0 Å². The molecule has 1 fully saturated rings. The van der Waals surface area contributed by atoms with E-state index in [2.05, 4.69) is 9.88 Å². The number of methoxy groups -OCH3 is 2. The minimum absolute atomic E-state index is 0.0300. The molecule has 172 valence electrons. The average Bonchev–Trinajstić information content (AvgIpc) is 2.81. The van der Waals surface area contributed by atoms with Crippen molar-refractivity contribution in [3.8, 4) is 17.6 Å². The molecule has 1 aliphatic heterocycles. The number of halogens is 3. The van der Waals surface area contributed by atoms with E-state index in [0.29, 0.717) is 30.4 Å². The van der Waals surface area contributed by atoms with Crippen LogP contribution < -0.4 is 14.4 Å². The Kier molecular flexibility index (Phi) is 9.09. The predicted molar refractivity (Wildman–Crippen MR) is 126 cm³/mol. The SMILES string of the molecule is COc1ccc(CN(CCCN2CCOCC2)c2nc(Cl)c(C#N)c(Cl)c2Cl)cc1OC. The van der Waals surface area contributed by atoms with Crippen LogP contribution in [0.1, 0.15) is 17.5 Å². The Hall–Kier alpha value is -1.95. The molecule has 0 bridgehead atoms. The van der Waals surface area contributed by atoms with E-state index in [4.69, 9.17) is 49.0 Å². The van der Waals surface area contributed by atoms with Crippen molar-refractivity contribution in [1.82, 2.24) is 9.88 Å². The van der Waals surface area contributed by atoms with Gasteiger partial charge in [-0.15, -0.1) is 0 Å². The molecule has 2 aromatic rings. The smallest absolute Gasteiger partial charge is 0.161 e. The van der Waals surface area contributed by atoms with Gasteiger partial charge in [0.1, 0.15) is 16.7 Å². The minimum atomic E-state index is 0.0300. The van der Waals surface area contributed by atoms with Gasteiger partial charge in [-0.3, -0.25) is 4.90 Å². The number of ether oxygens (including phenoxy) is 3.